The molecule has 0 radical (unpaired) electrons. The van der Waals surface area contributed by atoms with Crippen molar-refractivity contribution in [2.45, 2.75) is 110 Å². The summed E-state index contributed by atoms with van der Waals surface area (Å²) in [5, 5.41) is 19.3. The van der Waals surface area contributed by atoms with Crippen molar-refractivity contribution in [2.24, 2.45) is 11.8 Å². The average Bonchev–Trinajstić information content (AvgIpc) is 2.55. The normalized spacial score (nSPS) is 14.6. The highest BCUT2D eigenvalue weighted by Crippen LogP contribution is 2.16. The SMILES string of the molecule is CCCCCCCCCCCCCC/C=C/[C@@H](O)[C@H](CO)C(C)C. The molecule has 0 aromatic heterocycles. The standard InChI is InChI=1S/C22H44O2/c1-4-5-6-7-8-9-10-11-12-13-14-15-16-17-18-22(24)21(19-23)20(2)3/h17-18,20-24H,4-16,19H2,1-3H3/b18-17+/t21-,22-/m1/s1. The van der Waals surface area contributed by atoms with Gasteiger partial charge in [0, 0.05) is 12.5 Å². The maximum Gasteiger partial charge on any atom is 0.0773 e. The maximum absolute atomic E-state index is 10.0. The monoisotopic (exact) mass is 340 g/mol. The maximum atomic E-state index is 10.0. The van der Waals surface area contributed by atoms with Gasteiger partial charge in [-0.1, -0.05) is 104 Å². The minimum absolute atomic E-state index is 0.0387. The Balaban J connectivity index is 3.37. The van der Waals surface area contributed by atoms with Gasteiger partial charge in [0.25, 0.3) is 0 Å². The van der Waals surface area contributed by atoms with Crippen LogP contribution in [0.25, 0.3) is 0 Å². The molecule has 24 heavy (non-hydrogen) atoms. The summed E-state index contributed by atoms with van der Waals surface area (Å²) >= 11 is 0. The van der Waals surface area contributed by atoms with E-state index in [-0.39, 0.29) is 12.5 Å². The van der Waals surface area contributed by atoms with Gasteiger partial charge in [0.2, 0.25) is 0 Å². The van der Waals surface area contributed by atoms with Crippen LogP contribution in [0.5, 0.6) is 0 Å². The summed E-state index contributed by atoms with van der Waals surface area (Å²) in [6.45, 7) is 6.42. The third-order valence-corrected chi connectivity index (χ3v) is 5.06. The number of rotatable bonds is 17. The third kappa shape index (κ3) is 14.0. The molecule has 0 heterocycles. The average molecular weight is 341 g/mol. The van der Waals surface area contributed by atoms with Crippen LogP contribution in [0, 0.1) is 11.8 Å². The molecule has 0 rings (SSSR count). The number of unbranched alkanes of at least 4 members (excludes halogenated alkanes) is 12. The molecule has 0 aliphatic rings. The van der Waals surface area contributed by atoms with Crippen molar-refractivity contribution < 1.29 is 10.2 Å². The summed E-state index contributed by atoms with van der Waals surface area (Å²) in [6, 6.07) is 0. The highest BCUT2D eigenvalue weighted by Gasteiger charge is 2.18. The zero-order valence-electron chi connectivity index (χ0n) is 16.7. The summed E-state index contributed by atoms with van der Waals surface area (Å²) in [5.41, 5.74) is 0. The van der Waals surface area contributed by atoms with Crippen LogP contribution in [0.4, 0.5) is 0 Å². The predicted octanol–water partition coefficient (Wildman–Crippen LogP) is 6.26. The van der Waals surface area contributed by atoms with E-state index in [4.69, 9.17) is 0 Å². The fourth-order valence-corrected chi connectivity index (χ4v) is 3.19. The molecule has 2 atom stereocenters. The Bertz CT molecular complexity index is 273. The van der Waals surface area contributed by atoms with Crippen molar-refractivity contribution in [3.8, 4) is 0 Å². The van der Waals surface area contributed by atoms with Gasteiger partial charge in [-0.15, -0.1) is 0 Å². The topological polar surface area (TPSA) is 40.5 Å². The number of aliphatic hydroxyl groups is 2. The van der Waals surface area contributed by atoms with Crippen LogP contribution in [0.15, 0.2) is 12.2 Å². The van der Waals surface area contributed by atoms with Gasteiger partial charge in [-0.25, -0.2) is 0 Å². The molecular formula is C22H44O2. The van der Waals surface area contributed by atoms with Crippen molar-refractivity contribution in [3.63, 3.8) is 0 Å². The van der Waals surface area contributed by atoms with Crippen LogP contribution < -0.4 is 0 Å². The zero-order chi connectivity index (χ0) is 18.0. The van der Waals surface area contributed by atoms with Gasteiger partial charge in [0.05, 0.1) is 6.10 Å². The molecule has 2 N–H and O–H groups in total. The van der Waals surface area contributed by atoms with Gasteiger partial charge in [-0.3, -0.25) is 0 Å². The van der Waals surface area contributed by atoms with Crippen LogP contribution in [0.2, 0.25) is 0 Å². The number of aliphatic hydroxyl groups excluding tert-OH is 2. The third-order valence-electron chi connectivity index (χ3n) is 5.06. The Labute approximate surface area is 151 Å². The first-order valence-electron chi connectivity index (χ1n) is 10.6. The minimum atomic E-state index is -0.507. The number of allylic oxidation sites excluding steroid dienone is 1. The van der Waals surface area contributed by atoms with E-state index in [9.17, 15) is 10.2 Å². The highest BCUT2D eigenvalue weighted by atomic mass is 16.3. The first-order valence-corrected chi connectivity index (χ1v) is 10.6. The Hall–Kier alpha value is -0.340. The van der Waals surface area contributed by atoms with Crippen LogP contribution in [-0.4, -0.2) is 22.9 Å². The van der Waals surface area contributed by atoms with Crippen molar-refractivity contribution in [1.29, 1.82) is 0 Å². The van der Waals surface area contributed by atoms with Crippen molar-refractivity contribution in [3.05, 3.63) is 12.2 Å². The molecule has 2 heteroatoms. The van der Waals surface area contributed by atoms with Gasteiger partial charge in [-0.2, -0.15) is 0 Å². The molecule has 0 saturated carbocycles. The number of hydrogen-bond donors (Lipinski definition) is 2. The van der Waals surface area contributed by atoms with E-state index in [1.165, 1.54) is 77.0 Å². The molecule has 0 spiro atoms. The summed E-state index contributed by atoms with van der Waals surface area (Å²) in [4.78, 5) is 0. The van der Waals surface area contributed by atoms with E-state index in [0.717, 1.165) is 6.42 Å². The smallest absolute Gasteiger partial charge is 0.0773 e. The Morgan fingerprint density at radius 1 is 0.750 bits per heavy atom. The van der Waals surface area contributed by atoms with Crippen LogP contribution >= 0.6 is 0 Å². The van der Waals surface area contributed by atoms with E-state index in [0.29, 0.717) is 5.92 Å². The second-order valence-corrected chi connectivity index (χ2v) is 7.69. The van der Waals surface area contributed by atoms with E-state index in [1.54, 1.807) is 0 Å². The molecule has 0 aliphatic carbocycles. The lowest BCUT2D eigenvalue weighted by Gasteiger charge is -2.21. The van der Waals surface area contributed by atoms with Gasteiger partial charge < -0.3 is 10.2 Å². The molecule has 0 aliphatic heterocycles. The Morgan fingerprint density at radius 2 is 1.21 bits per heavy atom. The van der Waals surface area contributed by atoms with E-state index in [1.807, 2.05) is 19.9 Å². The van der Waals surface area contributed by atoms with Gasteiger partial charge in [0.1, 0.15) is 0 Å². The molecule has 0 bridgehead atoms. The molecule has 0 aromatic carbocycles. The molecular weight excluding hydrogens is 296 g/mol. The molecule has 2 nitrogen and oxygen atoms in total. The lowest BCUT2D eigenvalue weighted by Crippen LogP contribution is -2.26. The minimum Gasteiger partial charge on any atom is -0.396 e. The molecule has 0 fully saturated rings. The van der Waals surface area contributed by atoms with Crippen molar-refractivity contribution in [2.75, 3.05) is 6.61 Å². The predicted molar refractivity (Wildman–Crippen MR) is 106 cm³/mol. The lowest BCUT2D eigenvalue weighted by atomic mass is 9.90. The molecule has 0 unspecified atom stereocenters. The van der Waals surface area contributed by atoms with Gasteiger partial charge in [0.15, 0.2) is 0 Å². The molecule has 0 aromatic rings. The van der Waals surface area contributed by atoms with Gasteiger partial charge in [-0.05, 0) is 18.8 Å². The first-order chi connectivity index (χ1) is 11.6. The summed E-state index contributed by atoms with van der Waals surface area (Å²) in [5.74, 6) is 0.268. The zero-order valence-corrected chi connectivity index (χ0v) is 16.7. The van der Waals surface area contributed by atoms with E-state index < -0.39 is 6.10 Å². The summed E-state index contributed by atoms with van der Waals surface area (Å²) in [7, 11) is 0. The van der Waals surface area contributed by atoms with Gasteiger partial charge >= 0.3 is 0 Å². The highest BCUT2D eigenvalue weighted by molar-refractivity contribution is 4.92. The fourth-order valence-electron chi connectivity index (χ4n) is 3.19. The molecule has 0 saturated heterocycles. The van der Waals surface area contributed by atoms with Crippen molar-refractivity contribution in [1.82, 2.24) is 0 Å². The Morgan fingerprint density at radius 3 is 1.62 bits per heavy atom. The second kappa shape index (κ2) is 17.5. The Kier molecular flexibility index (Phi) is 17.2. The largest absolute Gasteiger partial charge is 0.396 e. The van der Waals surface area contributed by atoms with Crippen LogP contribution in [-0.2, 0) is 0 Å². The first kappa shape index (κ1) is 23.7. The van der Waals surface area contributed by atoms with Crippen LogP contribution in [0.3, 0.4) is 0 Å². The molecule has 0 amide bonds. The number of hydrogen-bond acceptors (Lipinski definition) is 2. The quantitative estimate of drug-likeness (QED) is 0.242. The van der Waals surface area contributed by atoms with Crippen LogP contribution in [0.1, 0.15) is 104 Å². The summed E-state index contributed by atoms with van der Waals surface area (Å²) in [6.07, 6.45) is 21.0. The van der Waals surface area contributed by atoms with Crippen molar-refractivity contribution >= 4 is 0 Å². The van der Waals surface area contributed by atoms with E-state index >= 15 is 0 Å². The summed E-state index contributed by atoms with van der Waals surface area (Å²) < 4.78 is 0. The second-order valence-electron chi connectivity index (χ2n) is 7.69. The fraction of sp³-hybridized carbons (Fsp3) is 0.909. The van der Waals surface area contributed by atoms with E-state index in [2.05, 4.69) is 13.0 Å². The molecule has 144 valence electrons. The lowest BCUT2D eigenvalue weighted by molar-refractivity contribution is 0.0720.